The molecule has 0 radical (unpaired) electrons. The number of halogens is 1. The van der Waals surface area contributed by atoms with Crippen LogP contribution in [0.4, 0.5) is 10.1 Å². The third kappa shape index (κ3) is 3.75. The minimum absolute atomic E-state index is 0.145. The number of aliphatic carboxylic acids is 1. The number of hydrogen-bond acceptors (Lipinski definition) is 3. The second-order valence-electron chi connectivity index (χ2n) is 8.05. The maximum atomic E-state index is 14.3. The number of fused-ring (bicyclic) bond motifs is 1. The molecule has 30 heavy (non-hydrogen) atoms. The van der Waals surface area contributed by atoms with E-state index in [1.165, 1.54) is 17.2 Å². The number of benzene rings is 3. The summed E-state index contributed by atoms with van der Waals surface area (Å²) in [5.74, 6) is 0.0258. The molecule has 5 heteroatoms. The molecule has 1 N–H and O–H groups in total. The first kappa shape index (κ1) is 18.7. The largest absolute Gasteiger partial charge is 0.481 e. The lowest BCUT2D eigenvalue weighted by Gasteiger charge is -2.31. The van der Waals surface area contributed by atoms with E-state index in [0.717, 1.165) is 30.6 Å². The molecule has 0 amide bonds. The maximum absolute atomic E-state index is 14.3. The van der Waals surface area contributed by atoms with Crippen molar-refractivity contribution in [2.45, 2.75) is 25.3 Å². The molecule has 1 heterocycles. The summed E-state index contributed by atoms with van der Waals surface area (Å²) in [4.78, 5) is 13.3. The lowest BCUT2D eigenvalue weighted by molar-refractivity contribution is -0.138. The zero-order valence-corrected chi connectivity index (χ0v) is 16.4. The quantitative estimate of drug-likeness (QED) is 0.622. The fraction of sp³-hybridized carbons (Fsp3) is 0.240. The van der Waals surface area contributed by atoms with Crippen molar-refractivity contribution in [3.63, 3.8) is 0 Å². The molecule has 5 rings (SSSR count). The highest BCUT2D eigenvalue weighted by Crippen LogP contribution is 2.48. The molecule has 3 aromatic carbocycles. The minimum Gasteiger partial charge on any atom is -0.481 e. The molecule has 4 nitrogen and oxygen atoms in total. The Balaban J connectivity index is 1.34. The number of para-hydroxylation sites is 1. The molecule has 1 unspecified atom stereocenters. The van der Waals surface area contributed by atoms with Crippen LogP contribution >= 0.6 is 0 Å². The van der Waals surface area contributed by atoms with E-state index < -0.39 is 5.97 Å². The number of anilines is 1. The second kappa shape index (κ2) is 7.48. The van der Waals surface area contributed by atoms with Gasteiger partial charge in [0.2, 0.25) is 0 Å². The summed E-state index contributed by atoms with van der Waals surface area (Å²) in [6.07, 6.45) is 1.58. The van der Waals surface area contributed by atoms with Crippen LogP contribution in [0.2, 0.25) is 0 Å². The SMILES string of the molecule is O=C(O)C1C[C@H]1c1ccc2c(c1)CCN(c1cc(F)cc(Oc3ccccc3)c1)C2. The summed E-state index contributed by atoms with van der Waals surface area (Å²) in [7, 11) is 0. The maximum Gasteiger partial charge on any atom is 0.307 e. The second-order valence-corrected chi connectivity index (χ2v) is 8.05. The van der Waals surface area contributed by atoms with Crippen LogP contribution in [0.15, 0.2) is 66.7 Å². The minimum atomic E-state index is -0.705. The normalized spacial score (nSPS) is 19.8. The van der Waals surface area contributed by atoms with Crippen LogP contribution in [0.5, 0.6) is 11.5 Å². The molecule has 0 spiro atoms. The number of carbonyl (C=O) groups is 1. The monoisotopic (exact) mass is 403 g/mol. The molecule has 2 atom stereocenters. The van der Waals surface area contributed by atoms with Gasteiger partial charge in [-0.25, -0.2) is 4.39 Å². The van der Waals surface area contributed by atoms with Crippen molar-refractivity contribution in [1.29, 1.82) is 0 Å². The Morgan fingerprint density at radius 1 is 1.00 bits per heavy atom. The van der Waals surface area contributed by atoms with E-state index >= 15 is 0 Å². The predicted molar refractivity (Wildman–Crippen MR) is 113 cm³/mol. The number of carboxylic acid groups (broad SMARTS) is 1. The van der Waals surface area contributed by atoms with Gasteiger partial charge in [-0.3, -0.25) is 4.79 Å². The molecule has 2 aliphatic rings. The Hall–Kier alpha value is -3.34. The zero-order valence-electron chi connectivity index (χ0n) is 16.4. The van der Waals surface area contributed by atoms with Gasteiger partial charge >= 0.3 is 5.97 Å². The van der Waals surface area contributed by atoms with Crippen LogP contribution in [-0.2, 0) is 17.8 Å². The van der Waals surface area contributed by atoms with Gasteiger partial charge in [-0.05, 0) is 53.6 Å². The van der Waals surface area contributed by atoms with E-state index in [1.807, 2.05) is 42.5 Å². The van der Waals surface area contributed by atoms with E-state index in [0.29, 0.717) is 18.0 Å². The Kier molecular flexibility index (Phi) is 4.66. The van der Waals surface area contributed by atoms with Crippen LogP contribution < -0.4 is 9.64 Å². The molecule has 0 saturated heterocycles. The molecule has 0 bridgehead atoms. The fourth-order valence-corrected chi connectivity index (χ4v) is 4.27. The molecule has 1 saturated carbocycles. The van der Waals surface area contributed by atoms with E-state index in [4.69, 9.17) is 4.74 Å². The van der Waals surface area contributed by atoms with Crippen molar-refractivity contribution < 1.29 is 19.0 Å². The average Bonchev–Trinajstić information content (AvgIpc) is 3.55. The molecule has 1 fully saturated rings. The van der Waals surface area contributed by atoms with Gasteiger partial charge in [-0.15, -0.1) is 0 Å². The zero-order chi connectivity index (χ0) is 20.7. The Bertz CT molecular complexity index is 1100. The van der Waals surface area contributed by atoms with E-state index in [-0.39, 0.29) is 17.7 Å². The molecule has 152 valence electrons. The number of nitrogens with zero attached hydrogens (tertiary/aromatic N) is 1. The number of hydrogen-bond donors (Lipinski definition) is 1. The number of carboxylic acids is 1. The van der Waals surface area contributed by atoms with E-state index in [9.17, 15) is 14.3 Å². The lowest BCUT2D eigenvalue weighted by atomic mass is 9.95. The first-order valence-corrected chi connectivity index (χ1v) is 10.2. The molecule has 1 aliphatic heterocycles. The Morgan fingerprint density at radius 3 is 2.60 bits per heavy atom. The van der Waals surface area contributed by atoms with E-state index in [2.05, 4.69) is 17.0 Å². The van der Waals surface area contributed by atoms with Crippen LogP contribution in [0.3, 0.4) is 0 Å². The third-order valence-electron chi connectivity index (χ3n) is 5.98. The highest BCUT2D eigenvalue weighted by Gasteiger charge is 2.44. The van der Waals surface area contributed by atoms with Gasteiger partial charge in [0, 0.05) is 30.9 Å². The van der Waals surface area contributed by atoms with E-state index in [1.54, 1.807) is 6.07 Å². The van der Waals surface area contributed by atoms with Gasteiger partial charge in [-0.1, -0.05) is 36.4 Å². The van der Waals surface area contributed by atoms with Gasteiger partial charge in [-0.2, -0.15) is 0 Å². The molecule has 0 aromatic heterocycles. The van der Waals surface area contributed by atoms with Crippen molar-refractivity contribution in [2.24, 2.45) is 5.92 Å². The fourth-order valence-electron chi connectivity index (χ4n) is 4.27. The highest BCUT2D eigenvalue weighted by atomic mass is 19.1. The molecular formula is C25H22FNO3. The van der Waals surface area contributed by atoms with Gasteiger partial charge in [0.05, 0.1) is 5.92 Å². The van der Waals surface area contributed by atoms with Gasteiger partial charge < -0.3 is 14.7 Å². The van der Waals surface area contributed by atoms with Crippen molar-refractivity contribution in [1.82, 2.24) is 0 Å². The van der Waals surface area contributed by atoms with Gasteiger partial charge in [0.25, 0.3) is 0 Å². The van der Waals surface area contributed by atoms with Gasteiger partial charge in [0.15, 0.2) is 0 Å². The first-order valence-electron chi connectivity index (χ1n) is 10.2. The molecular weight excluding hydrogens is 381 g/mol. The smallest absolute Gasteiger partial charge is 0.307 e. The standard InChI is InChI=1S/C25H22FNO3/c26-19-11-20(13-22(12-19)30-21-4-2-1-3-5-21)27-9-8-16-10-17(6-7-18(16)15-27)23-14-24(23)25(28)29/h1-7,10-13,23-24H,8-9,14-15H2,(H,28,29)/t23-,24?/m0/s1. The average molecular weight is 403 g/mol. The summed E-state index contributed by atoms with van der Waals surface area (Å²) >= 11 is 0. The number of rotatable bonds is 5. The van der Waals surface area contributed by atoms with Crippen LogP contribution in [0.25, 0.3) is 0 Å². The topological polar surface area (TPSA) is 49.8 Å². The Morgan fingerprint density at radius 2 is 1.83 bits per heavy atom. The predicted octanol–water partition coefficient (Wildman–Crippen LogP) is 5.37. The van der Waals surface area contributed by atoms with Crippen molar-refractivity contribution in [3.05, 3.63) is 89.2 Å². The van der Waals surface area contributed by atoms with Crippen LogP contribution in [0.1, 0.15) is 29.0 Å². The summed E-state index contributed by atoms with van der Waals surface area (Å²) in [6, 6.07) is 20.5. The van der Waals surface area contributed by atoms with Crippen LogP contribution in [0, 0.1) is 11.7 Å². The van der Waals surface area contributed by atoms with Gasteiger partial charge in [0.1, 0.15) is 17.3 Å². The van der Waals surface area contributed by atoms with Crippen molar-refractivity contribution in [2.75, 3.05) is 11.4 Å². The summed E-state index contributed by atoms with van der Waals surface area (Å²) < 4.78 is 20.1. The first-order chi connectivity index (χ1) is 14.6. The Labute approximate surface area is 174 Å². The summed E-state index contributed by atoms with van der Waals surface area (Å²) in [5, 5.41) is 9.17. The summed E-state index contributed by atoms with van der Waals surface area (Å²) in [6.45, 7) is 1.47. The molecule has 3 aromatic rings. The highest BCUT2D eigenvalue weighted by molar-refractivity contribution is 5.75. The summed E-state index contributed by atoms with van der Waals surface area (Å²) in [5.41, 5.74) is 4.38. The van der Waals surface area contributed by atoms with Crippen LogP contribution in [-0.4, -0.2) is 17.6 Å². The molecule has 1 aliphatic carbocycles. The number of ether oxygens (including phenoxy) is 1. The van der Waals surface area contributed by atoms with Crippen molar-refractivity contribution >= 4 is 11.7 Å². The lowest BCUT2D eigenvalue weighted by Crippen LogP contribution is -2.30. The van der Waals surface area contributed by atoms with Crippen molar-refractivity contribution in [3.8, 4) is 11.5 Å². The third-order valence-corrected chi connectivity index (χ3v) is 5.98.